The first-order chi connectivity index (χ1) is 9.56. The predicted octanol–water partition coefficient (Wildman–Crippen LogP) is 2.70. The molecule has 5 nitrogen and oxygen atoms in total. The zero-order chi connectivity index (χ0) is 14.2. The molecule has 1 aromatic heterocycles. The van der Waals surface area contributed by atoms with Gasteiger partial charge in [-0.3, -0.25) is 0 Å². The molecule has 20 heavy (non-hydrogen) atoms. The molecule has 3 rings (SSSR count). The molecule has 2 heterocycles. The van der Waals surface area contributed by atoms with E-state index in [9.17, 15) is 0 Å². The van der Waals surface area contributed by atoms with Gasteiger partial charge in [-0.2, -0.15) is 4.98 Å². The average molecular weight is 276 g/mol. The maximum absolute atomic E-state index is 6.06. The van der Waals surface area contributed by atoms with E-state index in [4.69, 9.17) is 10.5 Å². The fourth-order valence-corrected chi connectivity index (χ4v) is 3.37. The van der Waals surface area contributed by atoms with Crippen LogP contribution in [0.3, 0.4) is 0 Å². The van der Waals surface area contributed by atoms with Crippen LogP contribution in [0.5, 0.6) is 0 Å². The first-order valence-electron chi connectivity index (χ1n) is 7.61. The van der Waals surface area contributed by atoms with E-state index in [0.29, 0.717) is 17.9 Å². The van der Waals surface area contributed by atoms with E-state index in [-0.39, 0.29) is 5.60 Å². The summed E-state index contributed by atoms with van der Waals surface area (Å²) in [5, 5.41) is 3.47. The van der Waals surface area contributed by atoms with Gasteiger partial charge < -0.3 is 15.8 Å². The molecule has 2 aliphatic rings. The van der Waals surface area contributed by atoms with Gasteiger partial charge in [-0.1, -0.05) is 26.7 Å². The fourth-order valence-electron chi connectivity index (χ4n) is 3.37. The second-order valence-corrected chi connectivity index (χ2v) is 6.44. The minimum atomic E-state index is 0.136. The molecule has 2 fully saturated rings. The Morgan fingerprint density at radius 2 is 2.10 bits per heavy atom. The number of nitrogens with one attached hydrogen (secondary N) is 1. The van der Waals surface area contributed by atoms with Crippen molar-refractivity contribution in [2.45, 2.75) is 63.5 Å². The van der Waals surface area contributed by atoms with Gasteiger partial charge in [0.15, 0.2) is 0 Å². The van der Waals surface area contributed by atoms with Gasteiger partial charge in [-0.05, 0) is 25.2 Å². The lowest BCUT2D eigenvalue weighted by atomic mass is 9.96. The largest absolute Gasteiger partial charge is 0.373 e. The molecule has 110 valence electrons. The number of aromatic nitrogens is 2. The van der Waals surface area contributed by atoms with Crippen LogP contribution < -0.4 is 11.1 Å². The normalized spacial score (nSPS) is 24.6. The van der Waals surface area contributed by atoms with Gasteiger partial charge in [0, 0.05) is 6.07 Å². The highest BCUT2D eigenvalue weighted by Gasteiger charge is 2.42. The van der Waals surface area contributed by atoms with Gasteiger partial charge in [-0.15, -0.1) is 0 Å². The molecule has 1 atom stereocenters. The summed E-state index contributed by atoms with van der Waals surface area (Å²) in [6.45, 7) is 4.98. The van der Waals surface area contributed by atoms with Crippen molar-refractivity contribution < 1.29 is 4.74 Å². The third-order valence-corrected chi connectivity index (χ3v) is 4.43. The molecule has 1 aliphatic carbocycles. The number of hydrogen-bond acceptors (Lipinski definition) is 5. The molecule has 0 unspecified atom stereocenters. The first kappa shape index (κ1) is 13.6. The van der Waals surface area contributed by atoms with Gasteiger partial charge >= 0.3 is 0 Å². The highest BCUT2D eigenvalue weighted by Crippen LogP contribution is 2.41. The van der Waals surface area contributed by atoms with Crippen molar-refractivity contribution in [2.75, 3.05) is 17.7 Å². The lowest BCUT2D eigenvalue weighted by Gasteiger charge is -2.21. The van der Waals surface area contributed by atoms with E-state index in [1.807, 2.05) is 6.07 Å². The second kappa shape index (κ2) is 5.20. The molecule has 0 amide bonds. The maximum Gasteiger partial charge on any atom is 0.222 e. The highest BCUT2D eigenvalue weighted by atomic mass is 16.5. The molecule has 0 aromatic carbocycles. The summed E-state index contributed by atoms with van der Waals surface area (Å²) < 4.78 is 6.06. The first-order valence-corrected chi connectivity index (χ1v) is 7.61. The maximum atomic E-state index is 6.06. The molecule has 0 bridgehead atoms. The summed E-state index contributed by atoms with van der Waals surface area (Å²) in [5.74, 6) is 1.51. The number of ether oxygens (including phenoxy) is 1. The van der Waals surface area contributed by atoms with E-state index in [1.54, 1.807) is 0 Å². The molecule has 1 saturated heterocycles. The Morgan fingerprint density at radius 1 is 1.35 bits per heavy atom. The number of nitrogens with zero attached hydrogens (tertiary/aromatic N) is 2. The van der Waals surface area contributed by atoms with E-state index in [0.717, 1.165) is 24.5 Å². The summed E-state index contributed by atoms with van der Waals surface area (Å²) in [4.78, 5) is 8.57. The zero-order valence-electron chi connectivity index (χ0n) is 12.4. The average Bonchev–Trinajstić information content (AvgIpc) is 3.00. The Hall–Kier alpha value is -1.36. The number of anilines is 2. The Morgan fingerprint density at radius 3 is 2.80 bits per heavy atom. The molecule has 1 aromatic rings. The number of hydrogen-bond donors (Lipinski definition) is 2. The molecule has 1 saturated carbocycles. The topological polar surface area (TPSA) is 73.1 Å². The Bertz CT molecular complexity index is 483. The molecule has 3 N–H and O–H groups in total. The van der Waals surface area contributed by atoms with Crippen molar-refractivity contribution in [2.24, 2.45) is 0 Å². The molecule has 1 aliphatic heterocycles. The second-order valence-electron chi connectivity index (χ2n) is 6.44. The van der Waals surface area contributed by atoms with Crippen LogP contribution in [-0.2, 0) is 4.74 Å². The smallest absolute Gasteiger partial charge is 0.222 e. The van der Waals surface area contributed by atoms with Crippen LogP contribution in [-0.4, -0.2) is 28.2 Å². The van der Waals surface area contributed by atoms with Gasteiger partial charge in [-0.25, -0.2) is 4.98 Å². The van der Waals surface area contributed by atoms with Crippen LogP contribution >= 0.6 is 0 Å². The van der Waals surface area contributed by atoms with Crippen LogP contribution in [0.25, 0.3) is 0 Å². The van der Waals surface area contributed by atoms with E-state index < -0.39 is 0 Å². The quantitative estimate of drug-likeness (QED) is 0.888. The van der Waals surface area contributed by atoms with Crippen LogP contribution in [0.4, 0.5) is 11.8 Å². The van der Waals surface area contributed by atoms with E-state index in [2.05, 4.69) is 29.1 Å². The fraction of sp³-hybridized carbons (Fsp3) is 0.733. The zero-order valence-corrected chi connectivity index (χ0v) is 12.4. The van der Waals surface area contributed by atoms with Crippen LogP contribution in [0.15, 0.2) is 6.07 Å². The molecular formula is C15H24N4O. The van der Waals surface area contributed by atoms with E-state index in [1.165, 1.54) is 25.7 Å². The van der Waals surface area contributed by atoms with Gasteiger partial charge in [0.05, 0.1) is 23.9 Å². The third kappa shape index (κ3) is 2.73. The van der Waals surface area contributed by atoms with Crippen LogP contribution in [0, 0.1) is 0 Å². The van der Waals surface area contributed by atoms with Crippen molar-refractivity contribution in [1.29, 1.82) is 0 Å². The number of nitrogens with two attached hydrogens (primary N) is 1. The minimum Gasteiger partial charge on any atom is -0.373 e. The third-order valence-electron chi connectivity index (χ3n) is 4.43. The van der Waals surface area contributed by atoms with Gasteiger partial charge in [0.2, 0.25) is 5.95 Å². The SMILES string of the molecule is CC(C)c1cc(N[C@H]2COC3(CCCC3)C2)nc(N)n1. The van der Waals surface area contributed by atoms with Crippen LogP contribution in [0.2, 0.25) is 0 Å². The summed E-state index contributed by atoms with van der Waals surface area (Å²) in [6, 6.07) is 2.34. The summed E-state index contributed by atoms with van der Waals surface area (Å²) in [5.41, 5.74) is 6.91. The Labute approximate surface area is 120 Å². The molecule has 5 heteroatoms. The van der Waals surface area contributed by atoms with Crippen molar-refractivity contribution >= 4 is 11.8 Å². The monoisotopic (exact) mass is 276 g/mol. The molecule has 0 radical (unpaired) electrons. The van der Waals surface area contributed by atoms with Crippen molar-refractivity contribution in [3.63, 3.8) is 0 Å². The molecule has 1 spiro atoms. The number of rotatable bonds is 3. The van der Waals surface area contributed by atoms with E-state index >= 15 is 0 Å². The minimum absolute atomic E-state index is 0.136. The van der Waals surface area contributed by atoms with Crippen molar-refractivity contribution in [1.82, 2.24) is 9.97 Å². The highest BCUT2D eigenvalue weighted by molar-refractivity contribution is 5.42. The van der Waals surface area contributed by atoms with Crippen molar-refractivity contribution in [3.8, 4) is 0 Å². The van der Waals surface area contributed by atoms with Gasteiger partial charge in [0.1, 0.15) is 5.82 Å². The summed E-state index contributed by atoms with van der Waals surface area (Å²) >= 11 is 0. The summed E-state index contributed by atoms with van der Waals surface area (Å²) in [6.07, 6.45) is 6.08. The standard InChI is InChI=1S/C15H24N4O/c1-10(2)12-7-13(19-14(16)18-12)17-11-8-15(20-9-11)5-3-4-6-15/h7,10-11H,3-6,8-9H2,1-2H3,(H3,16,17,18,19)/t11-/m1/s1. The molecular weight excluding hydrogens is 252 g/mol. The Balaban J connectivity index is 1.69. The Kier molecular flexibility index (Phi) is 3.54. The van der Waals surface area contributed by atoms with Crippen LogP contribution in [0.1, 0.15) is 57.6 Å². The predicted molar refractivity (Wildman–Crippen MR) is 79.7 cm³/mol. The lowest BCUT2D eigenvalue weighted by Crippen LogP contribution is -2.25. The van der Waals surface area contributed by atoms with Crippen molar-refractivity contribution in [3.05, 3.63) is 11.8 Å². The lowest BCUT2D eigenvalue weighted by molar-refractivity contribution is 0.0103. The number of nitrogen functional groups attached to an aromatic ring is 1. The van der Waals surface area contributed by atoms with Gasteiger partial charge in [0.25, 0.3) is 0 Å². The summed E-state index contributed by atoms with van der Waals surface area (Å²) in [7, 11) is 0.